The van der Waals surface area contributed by atoms with Crippen LogP contribution in [0.15, 0.2) is 48.5 Å². The Kier molecular flexibility index (Phi) is 4.91. The molecule has 0 aliphatic carbocycles. The van der Waals surface area contributed by atoms with Gasteiger partial charge in [-0.25, -0.2) is 0 Å². The van der Waals surface area contributed by atoms with Crippen molar-refractivity contribution in [3.05, 3.63) is 48.5 Å². The van der Waals surface area contributed by atoms with Gasteiger partial charge in [-0.1, -0.05) is 39.3 Å². The van der Waals surface area contributed by atoms with Crippen LogP contribution in [0.3, 0.4) is 0 Å². The van der Waals surface area contributed by atoms with Crippen molar-refractivity contribution in [3.63, 3.8) is 0 Å². The van der Waals surface area contributed by atoms with Gasteiger partial charge in [0.25, 0.3) is 0 Å². The third-order valence-electron chi connectivity index (χ3n) is 3.55. The molecule has 0 bridgehead atoms. The fourth-order valence-electron chi connectivity index (χ4n) is 3.12. The molecule has 0 saturated heterocycles. The van der Waals surface area contributed by atoms with Crippen LogP contribution in [0.1, 0.15) is 0 Å². The number of hydrogen-bond donors (Lipinski definition) is 1. The summed E-state index contributed by atoms with van der Waals surface area (Å²) in [6.07, 6.45) is 0. The van der Waals surface area contributed by atoms with Gasteiger partial charge in [-0.2, -0.15) is 0 Å². The average Bonchev–Trinajstić information content (AvgIpc) is 2.40. The zero-order valence-electron chi connectivity index (χ0n) is 15.1. The van der Waals surface area contributed by atoms with Gasteiger partial charge in [-0.3, -0.25) is 0 Å². The molecular formula is C18H28N2OSi2. The number of nitrogens with two attached hydrogens (primary N) is 1. The fraction of sp³-hybridized carbons (Fsp3) is 0.333. The van der Waals surface area contributed by atoms with E-state index >= 15 is 0 Å². The molecule has 3 nitrogen and oxygen atoms in total. The van der Waals surface area contributed by atoms with Crippen LogP contribution < -0.4 is 14.7 Å². The molecule has 2 rings (SSSR count). The van der Waals surface area contributed by atoms with Crippen molar-refractivity contribution in [1.29, 1.82) is 0 Å². The van der Waals surface area contributed by atoms with Crippen LogP contribution in [-0.2, 0) is 0 Å². The lowest BCUT2D eigenvalue weighted by Gasteiger charge is -2.46. The summed E-state index contributed by atoms with van der Waals surface area (Å²) in [4.78, 5) is 0. The molecule has 0 unspecified atom stereocenters. The lowest BCUT2D eigenvalue weighted by Crippen LogP contribution is -2.59. The molecule has 124 valence electrons. The monoisotopic (exact) mass is 344 g/mol. The van der Waals surface area contributed by atoms with E-state index in [1.165, 1.54) is 5.69 Å². The van der Waals surface area contributed by atoms with Crippen LogP contribution in [0.25, 0.3) is 0 Å². The normalized spacial score (nSPS) is 12.1. The second-order valence-corrected chi connectivity index (χ2v) is 17.9. The van der Waals surface area contributed by atoms with Gasteiger partial charge in [-0.05, 0) is 48.5 Å². The third kappa shape index (κ3) is 4.62. The van der Waals surface area contributed by atoms with Crippen LogP contribution in [0, 0.1) is 0 Å². The minimum absolute atomic E-state index is 0.744. The Labute approximate surface area is 142 Å². The SMILES string of the molecule is C[Si](C)(C)N(c1ccc(Oc2ccc(N)cc2)cc1)[Si](C)(C)C. The maximum absolute atomic E-state index is 5.89. The number of nitrogens with zero attached hydrogens (tertiary/aromatic N) is 1. The van der Waals surface area contributed by atoms with Gasteiger partial charge >= 0.3 is 0 Å². The van der Waals surface area contributed by atoms with E-state index < -0.39 is 16.5 Å². The second kappa shape index (κ2) is 6.41. The molecule has 2 aromatic carbocycles. The van der Waals surface area contributed by atoms with Gasteiger partial charge in [0.1, 0.15) is 28.0 Å². The highest BCUT2D eigenvalue weighted by Crippen LogP contribution is 2.31. The molecule has 5 heteroatoms. The summed E-state index contributed by atoms with van der Waals surface area (Å²) in [5.41, 5.74) is 7.76. The number of ether oxygens (including phenoxy) is 1. The Bertz CT molecular complexity index is 627. The van der Waals surface area contributed by atoms with Crippen molar-refractivity contribution in [2.45, 2.75) is 39.3 Å². The van der Waals surface area contributed by atoms with E-state index in [9.17, 15) is 0 Å². The van der Waals surface area contributed by atoms with Crippen LogP contribution in [-0.4, -0.2) is 16.5 Å². The highest BCUT2D eigenvalue weighted by atomic mass is 28.4. The van der Waals surface area contributed by atoms with Crippen molar-refractivity contribution in [1.82, 2.24) is 0 Å². The lowest BCUT2D eigenvalue weighted by atomic mass is 10.3. The first kappa shape index (κ1) is 17.6. The molecule has 2 aromatic rings. The summed E-state index contributed by atoms with van der Waals surface area (Å²) in [6.45, 7) is 14.4. The first-order valence-electron chi connectivity index (χ1n) is 8.01. The van der Waals surface area contributed by atoms with E-state index in [2.05, 4.69) is 67.8 Å². The maximum Gasteiger partial charge on any atom is 0.138 e. The van der Waals surface area contributed by atoms with Crippen molar-refractivity contribution >= 4 is 27.8 Å². The molecule has 0 aliphatic heterocycles. The topological polar surface area (TPSA) is 38.5 Å². The quantitative estimate of drug-likeness (QED) is 0.572. The van der Waals surface area contributed by atoms with Crippen molar-refractivity contribution in [2.24, 2.45) is 0 Å². The van der Waals surface area contributed by atoms with Crippen molar-refractivity contribution < 1.29 is 4.74 Å². The minimum Gasteiger partial charge on any atom is -0.457 e. The van der Waals surface area contributed by atoms with Gasteiger partial charge in [0.05, 0.1) is 0 Å². The average molecular weight is 345 g/mol. The largest absolute Gasteiger partial charge is 0.457 e. The summed E-state index contributed by atoms with van der Waals surface area (Å²) in [6, 6.07) is 16.0. The molecule has 0 radical (unpaired) electrons. The van der Waals surface area contributed by atoms with E-state index in [1.807, 2.05) is 24.3 Å². The Morgan fingerprint density at radius 2 is 1.09 bits per heavy atom. The Morgan fingerprint density at radius 3 is 1.48 bits per heavy atom. The van der Waals surface area contributed by atoms with Crippen molar-refractivity contribution in [3.8, 4) is 11.5 Å². The zero-order valence-corrected chi connectivity index (χ0v) is 17.1. The third-order valence-corrected chi connectivity index (χ3v) is 10.8. The highest BCUT2D eigenvalue weighted by Gasteiger charge is 2.34. The molecule has 0 amide bonds. The standard InChI is InChI=1S/C18H28N2OSi2/c1-22(2,3)20(23(4,5)6)16-9-13-18(14-10-16)21-17-11-7-15(19)8-12-17/h7-14H,19H2,1-6H3. The fourth-order valence-corrected chi connectivity index (χ4v) is 13.0. The Balaban J connectivity index is 2.22. The predicted octanol–water partition coefficient (Wildman–Crippen LogP) is 5.54. The smallest absolute Gasteiger partial charge is 0.138 e. The summed E-state index contributed by atoms with van der Waals surface area (Å²) in [7, 11) is -2.84. The van der Waals surface area contributed by atoms with E-state index in [0.717, 1.165) is 17.2 Å². The van der Waals surface area contributed by atoms with Crippen LogP contribution >= 0.6 is 0 Å². The van der Waals surface area contributed by atoms with Crippen molar-refractivity contribution in [2.75, 3.05) is 9.96 Å². The molecule has 0 aromatic heterocycles. The van der Waals surface area contributed by atoms with E-state index in [1.54, 1.807) is 0 Å². The molecule has 0 spiro atoms. The summed E-state index contributed by atoms with van der Waals surface area (Å²) in [5.74, 6) is 1.66. The zero-order chi connectivity index (χ0) is 17.3. The Morgan fingerprint density at radius 1 is 0.696 bits per heavy atom. The predicted molar refractivity (Wildman–Crippen MR) is 107 cm³/mol. The molecule has 0 fully saturated rings. The molecule has 0 aliphatic rings. The van der Waals surface area contributed by atoms with Gasteiger partial charge in [-0.15, -0.1) is 0 Å². The summed E-state index contributed by atoms with van der Waals surface area (Å²) in [5, 5.41) is 0. The number of hydrogen-bond acceptors (Lipinski definition) is 3. The van der Waals surface area contributed by atoms with Gasteiger partial charge in [0.2, 0.25) is 0 Å². The van der Waals surface area contributed by atoms with E-state index in [0.29, 0.717) is 0 Å². The molecular weight excluding hydrogens is 316 g/mol. The highest BCUT2D eigenvalue weighted by molar-refractivity contribution is 6.99. The molecule has 0 atom stereocenters. The summed E-state index contributed by atoms with van der Waals surface area (Å²) >= 11 is 0. The van der Waals surface area contributed by atoms with Gasteiger partial charge < -0.3 is 14.7 Å². The van der Waals surface area contributed by atoms with Crippen LogP contribution in [0.2, 0.25) is 39.3 Å². The summed E-state index contributed by atoms with van der Waals surface area (Å²) < 4.78 is 8.59. The molecule has 23 heavy (non-hydrogen) atoms. The van der Waals surface area contributed by atoms with E-state index in [4.69, 9.17) is 10.5 Å². The molecule has 2 N–H and O–H groups in total. The first-order chi connectivity index (χ1) is 10.6. The maximum atomic E-state index is 5.89. The lowest BCUT2D eigenvalue weighted by molar-refractivity contribution is 0.483. The molecule has 0 heterocycles. The van der Waals surface area contributed by atoms with Crippen LogP contribution in [0.4, 0.5) is 11.4 Å². The first-order valence-corrected chi connectivity index (χ1v) is 14.9. The van der Waals surface area contributed by atoms with Gasteiger partial charge in [0.15, 0.2) is 0 Å². The second-order valence-electron chi connectivity index (χ2n) is 7.84. The van der Waals surface area contributed by atoms with Gasteiger partial charge in [0, 0.05) is 11.4 Å². The number of anilines is 2. The van der Waals surface area contributed by atoms with Crippen LogP contribution in [0.5, 0.6) is 11.5 Å². The minimum atomic E-state index is -1.42. The van der Waals surface area contributed by atoms with E-state index in [-0.39, 0.29) is 0 Å². The molecule has 0 saturated carbocycles. The Hall–Kier alpha value is -1.73. The number of benzene rings is 2. The number of rotatable bonds is 5. The number of nitrogen functional groups attached to an aromatic ring is 1.